The third kappa shape index (κ3) is 3.67. The van der Waals surface area contributed by atoms with E-state index in [4.69, 9.17) is 0 Å². The second-order valence-electron chi connectivity index (χ2n) is 4.24. The molecule has 0 aromatic heterocycles. The summed E-state index contributed by atoms with van der Waals surface area (Å²) in [5.41, 5.74) is 0.901. The van der Waals surface area contributed by atoms with Crippen LogP contribution in [0.15, 0.2) is 24.3 Å². The maximum Gasteiger partial charge on any atom is 0.254 e. The summed E-state index contributed by atoms with van der Waals surface area (Å²) in [4.78, 5) is 26.6. The van der Waals surface area contributed by atoms with Crippen LogP contribution in [0.4, 0.5) is 0 Å². The van der Waals surface area contributed by atoms with Crippen LogP contribution in [0.5, 0.6) is 0 Å². The van der Waals surface area contributed by atoms with Crippen molar-refractivity contribution in [2.24, 2.45) is 0 Å². The van der Waals surface area contributed by atoms with E-state index in [1.54, 1.807) is 36.2 Å². The number of nitrogens with zero attached hydrogens (tertiary/aromatic N) is 2. The minimum atomic E-state index is -0.116. The molecule has 0 fully saturated rings. The standard InChI is InChI=1S/C13H18N2O2/c1-14(2)8-9-15(3)13(17)12-7-5-4-6-11(12)10-16/h4-7,10H,8-9H2,1-3H3. The SMILES string of the molecule is CN(C)CCN(C)C(=O)c1ccccc1C=O. The van der Waals surface area contributed by atoms with Gasteiger partial charge >= 0.3 is 0 Å². The van der Waals surface area contributed by atoms with Crippen molar-refractivity contribution in [2.45, 2.75) is 0 Å². The Morgan fingerprint density at radius 2 is 1.82 bits per heavy atom. The van der Waals surface area contributed by atoms with Gasteiger partial charge in [-0.05, 0) is 20.2 Å². The average molecular weight is 234 g/mol. The number of carbonyl (C=O) groups excluding carboxylic acids is 2. The van der Waals surface area contributed by atoms with Crippen LogP contribution < -0.4 is 0 Å². The molecule has 0 bridgehead atoms. The highest BCUT2D eigenvalue weighted by atomic mass is 16.2. The van der Waals surface area contributed by atoms with Crippen LogP contribution in [0.25, 0.3) is 0 Å². The van der Waals surface area contributed by atoms with Gasteiger partial charge in [-0.25, -0.2) is 0 Å². The van der Waals surface area contributed by atoms with Crippen LogP contribution in [0.3, 0.4) is 0 Å². The normalized spacial score (nSPS) is 10.4. The van der Waals surface area contributed by atoms with E-state index in [0.29, 0.717) is 24.0 Å². The van der Waals surface area contributed by atoms with Crippen molar-refractivity contribution in [1.29, 1.82) is 0 Å². The zero-order chi connectivity index (χ0) is 12.8. The lowest BCUT2D eigenvalue weighted by molar-refractivity contribution is 0.0783. The smallest absolute Gasteiger partial charge is 0.254 e. The van der Waals surface area contributed by atoms with Gasteiger partial charge < -0.3 is 9.80 Å². The van der Waals surface area contributed by atoms with Crippen molar-refractivity contribution in [3.63, 3.8) is 0 Å². The molecule has 17 heavy (non-hydrogen) atoms. The summed E-state index contributed by atoms with van der Waals surface area (Å²) in [5, 5.41) is 0. The van der Waals surface area contributed by atoms with E-state index in [-0.39, 0.29) is 5.91 Å². The summed E-state index contributed by atoms with van der Waals surface area (Å²) in [6.07, 6.45) is 0.715. The molecule has 0 unspecified atom stereocenters. The zero-order valence-electron chi connectivity index (χ0n) is 10.5. The van der Waals surface area contributed by atoms with Gasteiger partial charge in [-0.3, -0.25) is 9.59 Å². The molecule has 0 radical (unpaired) electrons. The zero-order valence-corrected chi connectivity index (χ0v) is 10.5. The van der Waals surface area contributed by atoms with E-state index in [0.717, 1.165) is 6.54 Å². The van der Waals surface area contributed by atoms with E-state index in [2.05, 4.69) is 0 Å². The molecule has 0 spiro atoms. The molecule has 0 aliphatic rings. The van der Waals surface area contributed by atoms with Crippen LogP contribution in [0.1, 0.15) is 20.7 Å². The van der Waals surface area contributed by atoms with Crippen molar-refractivity contribution in [3.8, 4) is 0 Å². The van der Waals surface area contributed by atoms with Gasteiger partial charge in [-0.1, -0.05) is 18.2 Å². The fourth-order valence-electron chi connectivity index (χ4n) is 1.45. The quantitative estimate of drug-likeness (QED) is 0.717. The predicted octanol–water partition coefficient (Wildman–Crippen LogP) is 1.13. The molecule has 0 heterocycles. The summed E-state index contributed by atoms with van der Waals surface area (Å²) < 4.78 is 0. The Morgan fingerprint density at radius 1 is 1.18 bits per heavy atom. The highest BCUT2D eigenvalue weighted by Crippen LogP contribution is 2.08. The van der Waals surface area contributed by atoms with E-state index in [1.807, 2.05) is 19.0 Å². The first-order chi connectivity index (χ1) is 8.06. The van der Waals surface area contributed by atoms with Crippen LogP contribution in [0.2, 0.25) is 0 Å². The number of hydrogen-bond acceptors (Lipinski definition) is 3. The third-order valence-corrected chi connectivity index (χ3v) is 2.55. The van der Waals surface area contributed by atoms with Gasteiger partial charge in [0.15, 0.2) is 6.29 Å². The number of benzene rings is 1. The number of carbonyl (C=O) groups is 2. The Bertz CT molecular complexity index is 402. The molecule has 1 aromatic carbocycles. The summed E-state index contributed by atoms with van der Waals surface area (Å²) in [7, 11) is 5.66. The molecule has 1 rings (SSSR count). The maximum absolute atomic E-state index is 12.1. The van der Waals surface area contributed by atoms with Crippen LogP contribution in [-0.4, -0.2) is 56.2 Å². The summed E-state index contributed by atoms with van der Waals surface area (Å²) in [6, 6.07) is 6.85. The summed E-state index contributed by atoms with van der Waals surface area (Å²) in [5.74, 6) is -0.116. The van der Waals surface area contributed by atoms with Crippen LogP contribution in [0, 0.1) is 0 Å². The van der Waals surface area contributed by atoms with Gasteiger partial charge in [0.25, 0.3) is 5.91 Å². The number of aldehydes is 1. The lowest BCUT2D eigenvalue weighted by Gasteiger charge is -2.20. The van der Waals surface area contributed by atoms with Gasteiger partial charge in [-0.2, -0.15) is 0 Å². The Kier molecular flexibility index (Phi) is 4.84. The van der Waals surface area contributed by atoms with E-state index >= 15 is 0 Å². The number of likely N-dealkylation sites (N-methyl/N-ethyl adjacent to an activating group) is 2. The maximum atomic E-state index is 12.1. The number of rotatable bonds is 5. The first kappa shape index (κ1) is 13.4. The minimum absolute atomic E-state index is 0.116. The van der Waals surface area contributed by atoms with Gasteiger partial charge in [0, 0.05) is 25.7 Å². The van der Waals surface area contributed by atoms with Crippen molar-refractivity contribution < 1.29 is 9.59 Å². The van der Waals surface area contributed by atoms with Crippen molar-refractivity contribution in [1.82, 2.24) is 9.80 Å². The molecule has 0 saturated carbocycles. The Morgan fingerprint density at radius 3 is 2.41 bits per heavy atom. The van der Waals surface area contributed by atoms with E-state index < -0.39 is 0 Å². The Hall–Kier alpha value is -1.68. The Labute approximate surface area is 102 Å². The van der Waals surface area contributed by atoms with Crippen LogP contribution >= 0.6 is 0 Å². The molecule has 0 saturated heterocycles. The topological polar surface area (TPSA) is 40.6 Å². The van der Waals surface area contributed by atoms with Crippen molar-refractivity contribution >= 4 is 12.2 Å². The first-order valence-electron chi connectivity index (χ1n) is 5.50. The fraction of sp³-hybridized carbons (Fsp3) is 0.385. The first-order valence-corrected chi connectivity index (χ1v) is 5.50. The highest BCUT2D eigenvalue weighted by Gasteiger charge is 2.14. The van der Waals surface area contributed by atoms with Gasteiger partial charge in [-0.15, -0.1) is 0 Å². The predicted molar refractivity (Wildman–Crippen MR) is 67.3 cm³/mol. The molecular weight excluding hydrogens is 216 g/mol. The lowest BCUT2D eigenvalue weighted by atomic mass is 10.1. The molecule has 0 aliphatic carbocycles. The van der Waals surface area contributed by atoms with Crippen molar-refractivity contribution in [2.75, 3.05) is 34.2 Å². The van der Waals surface area contributed by atoms with Gasteiger partial charge in [0.1, 0.15) is 0 Å². The summed E-state index contributed by atoms with van der Waals surface area (Å²) in [6.45, 7) is 1.44. The largest absolute Gasteiger partial charge is 0.340 e. The minimum Gasteiger partial charge on any atom is -0.340 e. The van der Waals surface area contributed by atoms with Gasteiger partial charge in [0.2, 0.25) is 0 Å². The molecule has 1 amide bonds. The van der Waals surface area contributed by atoms with E-state index in [1.165, 1.54) is 0 Å². The lowest BCUT2D eigenvalue weighted by Crippen LogP contribution is -2.33. The molecule has 0 aliphatic heterocycles. The molecule has 4 heteroatoms. The van der Waals surface area contributed by atoms with Crippen molar-refractivity contribution in [3.05, 3.63) is 35.4 Å². The second-order valence-corrected chi connectivity index (χ2v) is 4.24. The molecule has 1 aromatic rings. The third-order valence-electron chi connectivity index (χ3n) is 2.55. The molecular formula is C13H18N2O2. The van der Waals surface area contributed by atoms with Crippen LogP contribution in [-0.2, 0) is 0 Å². The second kappa shape index (κ2) is 6.15. The number of amides is 1. The highest BCUT2D eigenvalue weighted by molar-refractivity contribution is 6.01. The summed E-state index contributed by atoms with van der Waals surface area (Å²) >= 11 is 0. The molecule has 0 atom stereocenters. The molecule has 0 N–H and O–H groups in total. The molecule has 92 valence electrons. The molecule has 4 nitrogen and oxygen atoms in total. The Balaban J connectivity index is 2.78. The monoisotopic (exact) mass is 234 g/mol. The average Bonchev–Trinajstić information content (AvgIpc) is 2.34. The van der Waals surface area contributed by atoms with Gasteiger partial charge in [0.05, 0.1) is 5.56 Å². The fourth-order valence-corrected chi connectivity index (χ4v) is 1.45. The number of hydrogen-bond donors (Lipinski definition) is 0. The van der Waals surface area contributed by atoms with E-state index in [9.17, 15) is 9.59 Å².